The number of anilines is 1. The van der Waals surface area contributed by atoms with E-state index in [2.05, 4.69) is 21.2 Å². The lowest BCUT2D eigenvalue weighted by Gasteiger charge is -2.15. The van der Waals surface area contributed by atoms with Crippen LogP contribution in [0.1, 0.15) is 13.8 Å². The van der Waals surface area contributed by atoms with E-state index in [0.29, 0.717) is 18.0 Å². The molecule has 2 rings (SSSR count). The molecule has 1 N–H and O–H groups in total. The number of hydrogen-bond donors (Lipinski definition) is 1. The lowest BCUT2D eigenvalue weighted by Crippen LogP contribution is -2.30. The van der Waals surface area contributed by atoms with Crippen LogP contribution in [0.3, 0.4) is 0 Å². The molecule has 1 amide bonds. The Hall–Kier alpha value is -2.01. The average Bonchev–Trinajstić information content (AvgIpc) is 2.49. The van der Waals surface area contributed by atoms with E-state index in [1.807, 2.05) is 43.3 Å². The Morgan fingerprint density at radius 2 is 1.91 bits per heavy atom. The molecule has 0 aliphatic heterocycles. The smallest absolute Gasteiger partial charge is 0.265 e. The average molecular weight is 364 g/mol. The fourth-order valence-electron chi connectivity index (χ4n) is 1.84. The summed E-state index contributed by atoms with van der Waals surface area (Å²) in [6.45, 7) is 4.25. The first-order valence-electron chi connectivity index (χ1n) is 7.04. The second-order valence-electron chi connectivity index (χ2n) is 4.66. The van der Waals surface area contributed by atoms with Crippen molar-refractivity contribution in [1.82, 2.24) is 0 Å². The first kappa shape index (κ1) is 16.4. The molecule has 0 aliphatic rings. The zero-order chi connectivity index (χ0) is 15.9. The molecule has 0 aliphatic carbocycles. The second kappa shape index (κ2) is 7.84. The SMILES string of the molecule is CCOc1ccc(NC(=O)[C@@H](C)Oc2cccc(Br)c2)cc1. The highest BCUT2D eigenvalue weighted by Gasteiger charge is 2.15. The predicted molar refractivity (Wildman–Crippen MR) is 90.5 cm³/mol. The van der Waals surface area contributed by atoms with Crippen LogP contribution in [0.15, 0.2) is 53.0 Å². The molecule has 22 heavy (non-hydrogen) atoms. The summed E-state index contributed by atoms with van der Waals surface area (Å²) in [5, 5.41) is 2.81. The summed E-state index contributed by atoms with van der Waals surface area (Å²) in [4.78, 5) is 12.1. The van der Waals surface area contributed by atoms with Gasteiger partial charge in [-0.3, -0.25) is 4.79 Å². The van der Waals surface area contributed by atoms with E-state index in [1.165, 1.54) is 0 Å². The maximum atomic E-state index is 12.1. The number of halogens is 1. The van der Waals surface area contributed by atoms with E-state index in [0.717, 1.165) is 10.2 Å². The number of nitrogens with one attached hydrogen (secondary N) is 1. The molecular formula is C17H18BrNO3. The molecule has 4 nitrogen and oxygen atoms in total. The highest BCUT2D eigenvalue weighted by Crippen LogP contribution is 2.20. The van der Waals surface area contributed by atoms with Crippen molar-refractivity contribution in [2.75, 3.05) is 11.9 Å². The van der Waals surface area contributed by atoms with Crippen LogP contribution in [0.25, 0.3) is 0 Å². The van der Waals surface area contributed by atoms with E-state index in [1.54, 1.807) is 19.1 Å². The van der Waals surface area contributed by atoms with Crippen molar-refractivity contribution in [1.29, 1.82) is 0 Å². The number of amides is 1. The van der Waals surface area contributed by atoms with Gasteiger partial charge in [0.1, 0.15) is 11.5 Å². The number of benzene rings is 2. The molecule has 0 radical (unpaired) electrons. The van der Waals surface area contributed by atoms with Crippen LogP contribution in [0, 0.1) is 0 Å². The summed E-state index contributed by atoms with van der Waals surface area (Å²) in [5.41, 5.74) is 0.707. The molecule has 5 heteroatoms. The van der Waals surface area contributed by atoms with E-state index < -0.39 is 6.10 Å². The zero-order valence-corrected chi connectivity index (χ0v) is 14.1. The van der Waals surface area contributed by atoms with Gasteiger partial charge in [-0.15, -0.1) is 0 Å². The number of rotatable bonds is 6. The van der Waals surface area contributed by atoms with Crippen LogP contribution in [0.5, 0.6) is 11.5 Å². The first-order chi connectivity index (χ1) is 10.6. The third-order valence-electron chi connectivity index (χ3n) is 2.91. The normalized spacial score (nSPS) is 11.6. The second-order valence-corrected chi connectivity index (χ2v) is 5.58. The summed E-state index contributed by atoms with van der Waals surface area (Å²) in [5.74, 6) is 1.21. The maximum Gasteiger partial charge on any atom is 0.265 e. The van der Waals surface area contributed by atoms with Crippen LogP contribution in [-0.4, -0.2) is 18.6 Å². The van der Waals surface area contributed by atoms with Crippen molar-refractivity contribution in [2.24, 2.45) is 0 Å². The number of hydrogen-bond acceptors (Lipinski definition) is 3. The van der Waals surface area contributed by atoms with Gasteiger partial charge in [0, 0.05) is 10.2 Å². The lowest BCUT2D eigenvalue weighted by atomic mass is 10.2. The number of ether oxygens (including phenoxy) is 2. The van der Waals surface area contributed by atoms with Crippen molar-refractivity contribution in [3.05, 3.63) is 53.0 Å². The van der Waals surface area contributed by atoms with E-state index in [4.69, 9.17) is 9.47 Å². The summed E-state index contributed by atoms with van der Waals surface area (Å²) in [7, 11) is 0. The summed E-state index contributed by atoms with van der Waals surface area (Å²) >= 11 is 3.37. The minimum Gasteiger partial charge on any atom is -0.494 e. The van der Waals surface area contributed by atoms with Gasteiger partial charge in [-0.05, 0) is 56.3 Å². The molecule has 0 unspecified atom stereocenters. The van der Waals surface area contributed by atoms with Crippen molar-refractivity contribution in [3.8, 4) is 11.5 Å². The summed E-state index contributed by atoms with van der Waals surface area (Å²) in [6.07, 6.45) is -0.596. The Morgan fingerprint density at radius 3 is 2.55 bits per heavy atom. The Labute approximate surface area is 138 Å². The molecular weight excluding hydrogens is 346 g/mol. The molecule has 0 saturated carbocycles. The maximum absolute atomic E-state index is 12.1. The fourth-order valence-corrected chi connectivity index (χ4v) is 2.22. The minimum absolute atomic E-state index is 0.205. The van der Waals surface area contributed by atoms with E-state index >= 15 is 0 Å². The highest BCUT2D eigenvalue weighted by molar-refractivity contribution is 9.10. The van der Waals surface area contributed by atoms with E-state index in [-0.39, 0.29) is 5.91 Å². The fraction of sp³-hybridized carbons (Fsp3) is 0.235. The zero-order valence-electron chi connectivity index (χ0n) is 12.5. The molecule has 0 spiro atoms. The Bertz CT molecular complexity index is 628. The van der Waals surface area contributed by atoms with Gasteiger partial charge in [0.05, 0.1) is 6.61 Å². The van der Waals surface area contributed by atoms with Crippen LogP contribution in [0.2, 0.25) is 0 Å². The van der Waals surface area contributed by atoms with Gasteiger partial charge < -0.3 is 14.8 Å². The van der Waals surface area contributed by atoms with E-state index in [9.17, 15) is 4.79 Å². The number of carbonyl (C=O) groups excluding carboxylic acids is 1. The van der Waals surface area contributed by atoms with Crippen molar-refractivity contribution < 1.29 is 14.3 Å². The molecule has 0 aromatic heterocycles. The highest BCUT2D eigenvalue weighted by atomic mass is 79.9. The van der Waals surface area contributed by atoms with Crippen molar-refractivity contribution >= 4 is 27.5 Å². The van der Waals surface area contributed by atoms with Crippen LogP contribution in [-0.2, 0) is 4.79 Å². The largest absolute Gasteiger partial charge is 0.494 e. The molecule has 0 fully saturated rings. The van der Waals surface area contributed by atoms with Gasteiger partial charge in [-0.2, -0.15) is 0 Å². The molecule has 2 aromatic carbocycles. The predicted octanol–water partition coefficient (Wildman–Crippen LogP) is 4.25. The van der Waals surface area contributed by atoms with Crippen molar-refractivity contribution in [2.45, 2.75) is 20.0 Å². The lowest BCUT2D eigenvalue weighted by molar-refractivity contribution is -0.122. The van der Waals surface area contributed by atoms with Gasteiger partial charge in [-0.1, -0.05) is 22.0 Å². The third kappa shape index (κ3) is 4.77. The topological polar surface area (TPSA) is 47.6 Å². The van der Waals surface area contributed by atoms with Gasteiger partial charge in [0.15, 0.2) is 6.10 Å². The molecule has 116 valence electrons. The first-order valence-corrected chi connectivity index (χ1v) is 7.83. The summed E-state index contributed by atoms with van der Waals surface area (Å²) < 4.78 is 11.9. The standard InChI is InChI=1S/C17H18BrNO3/c1-3-21-15-9-7-14(8-10-15)19-17(20)12(2)22-16-6-4-5-13(18)11-16/h4-12H,3H2,1-2H3,(H,19,20)/t12-/m1/s1. The number of carbonyl (C=O) groups is 1. The molecule has 1 atom stereocenters. The van der Waals surface area contributed by atoms with Crippen molar-refractivity contribution in [3.63, 3.8) is 0 Å². The summed E-state index contributed by atoms with van der Waals surface area (Å²) in [6, 6.07) is 14.6. The molecule has 2 aromatic rings. The Kier molecular flexibility index (Phi) is 5.83. The minimum atomic E-state index is -0.596. The molecule has 0 bridgehead atoms. The quantitative estimate of drug-likeness (QED) is 0.834. The van der Waals surface area contributed by atoms with Crippen LogP contribution >= 0.6 is 15.9 Å². The van der Waals surface area contributed by atoms with Gasteiger partial charge in [0.25, 0.3) is 5.91 Å². The monoisotopic (exact) mass is 363 g/mol. The van der Waals surface area contributed by atoms with Gasteiger partial charge in [0.2, 0.25) is 0 Å². The Balaban J connectivity index is 1.93. The molecule has 0 saturated heterocycles. The third-order valence-corrected chi connectivity index (χ3v) is 3.40. The Morgan fingerprint density at radius 1 is 1.18 bits per heavy atom. The van der Waals surface area contributed by atoms with Gasteiger partial charge >= 0.3 is 0 Å². The molecule has 0 heterocycles. The van der Waals surface area contributed by atoms with Gasteiger partial charge in [-0.25, -0.2) is 0 Å². The van der Waals surface area contributed by atoms with Crippen LogP contribution < -0.4 is 14.8 Å². The van der Waals surface area contributed by atoms with Crippen LogP contribution in [0.4, 0.5) is 5.69 Å².